The number of rotatable bonds is 21. The molecule has 1 rings (SSSR count). The highest BCUT2D eigenvalue weighted by Gasteiger charge is 2.26. The van der Waals surface area contributed by atoms with Crippen LogP contribution in [0, 0.1) is 0 Å². The van der Waals surface area contributed by atoms with E-state index in [-0.39, 0.29) is 58.9 Å². The van der Waals surface area contributed by atoms with Gasteiger partial charge in [-0.15, -0.1) is 0 Å². The third-order valence-electron chi connectivity index (χ3n) is 9.68. The molecule has 0 amide bonds. The van der Waals surface area contributed by atoms with Crippen molar-refractivity contribution in [3.63, 3.8) is 0 Å². The van der Waals surface area contributed by atoms with Gasteiger partial charge in [-0.1, -0.05) is 83.6 Å². The van der Waals surface area contributed by atoms with Crippen LogP contribution in [0.2, 0.25) is 0 Å². The molecule has 2 atom stereocenters. The first-order valence-corrected chi connectivity index (χ1v) is 21.5. The number of nitrogens with zero attached hydrogens (tertiary/aromatic N) is 2. The van der Waals surface area contributed by atoms with E-state index < -0.39 is 36.5 Å². The monoisotopic (exact) mass is 811 g/mol. The van der Waals surface area contributed by atoms with E-state index in [1.807, 2.05) is 23.6 Å². The van der Waals surface area contributed by atoms with Crippen molar-refractivity contribution in [1.29, 1.82) is 0 Å². The van der Waals surface area contributed by atoms with E-state index in [4.69, 9.17) is 28.4 Å². The predicted octanol–water partition coefficient (Wildman–Crippen LogP) is 7.04. The number of hydrogen-bond acceptors (Lipinski definition) is 14. The lowest BCUT2D eigenvalue weighted by Gasteiger charge is -2.24. The lowest BCUT2D eigenvalue weighted by Crippen LogP contribution is -2.35. The number of ether oxygens (including phenoxy) is 6. The van der Waals surface area contributed by atoms with E-state index in [1.54, 1.807) is 0 Å². The minimum Gasteiger partial charge on any atom is -0.462 e. The van der Waals surface area contributed by atoms with Crippen molar-refractivity contribution in [2.24, 2.45) is 0 Å². The Balaban J connectivity index is 3.28. The molecule has 2 N–H and O–H groups in total. The zero-order valence-electron chi connectivity index (χ0n) is 35.5. The number of hydrogen-bond donors (Lipinski definition) is 2. The first-order chi connectivity index (χ1) is 27.6. The summed E-state index contributed by atoms with van der Waals surface area (Å²) in [5.41, 5.74) is 8.05. The van der Waals surface area contributed by atoms with Gasteiger partial charge in [-0.3, -0.25) is 14.5 Å². The molecule has 0 saturated carbocycles. The normalized spacial score (nSPS) is 19.0. The fourth-order valence-corrected chi connectivity index (χ4v) is 6.20. The summed E-state index contributed by atoms with van der Waals surface area (Å²) in [6, 6.07) is 0. The van der Waals surface area contributed by atoms with Crippen molar-refractivity contribution in [2.75, 3.05) is 78.9 Å². The number of allylic oxidation sites excluding steroid dienone is 1. The Labute approximate surface area is 341 Å². The van der Waals surface area contributed by atoms with Crippen molar-refractivity contribution in [3.8, 4) is 0 Å². The Morgan fingerprint density at radius 1 is 0.684 bits per heavy atom. The molecule has 1 aliphatic heterocycles. The topological polar surface area (TPSA) is 171 Å². The van der Waals surface area contributed by atoms with Crippen molar-refractivity contribution >= 4 is 24.2 Å². The molecule has 0 aromatic heterocycles. The molecular formula is C43H74N2O12. The minimum absolute atomic E-state index is 0.0323. The molecule has 0 spiro atoms. The Hall–Kier alpha value is -3.38. The summed E-state index contributed by atoms with van der Waals surface area (Å²) in [5, 5.41) is 18.7. The fraction of sp³-hybridized carbons (Fsp3) is 0.814. The summed E-state index contributed by atoms with van der Waals surface area (Å²) in [6.07, 6.45) is 9.80. The summed E-state index contributed by atoms with van der Waals surface area (Å²) in [6.45, 7) is 10.1. The number of aliphatic hydroxyl groups is 2. The zero-order chi connectivity index (χ0) is 41.9. The molecule has 0 aromatic rings. The van der Waals surface area contributed by atoms with Crippen LogP contribution in [0.4, 0.5) is 9.59 Å². The lowest BCUT2D eigenvalue weighted by atomic mass is 9.95. The van der Waals surface area contributed by atoms with Crippen molar-refractivity contribution in [3.05, 3.63) is 22.6 Å². The Morgan fingerprint density at radius 3 is 1.75 bits per heavy atom. The molecule has 2 unspecified atom stereocenters. The molecule has 328 valence electrons. The van der Waals surface area contributed by atoms with Crippen LogP contribution >= 0.6 is 0 Å². The number of aliphatic hydroxyl groups excluding tert-OH is 2. The quantitative estimate of drug-likeness (QED) is 0.0524. The Kier molecular flexibility index (Phi) is 31.4. The smallest absolute Gasteiger partial charge is 0.462 e. The number of cyclic esters (lactones) is 6. The Morgan fingerprint density at radius 2 is 1.21 bits per heavy atom. The molecule has 1 aliphatic rings. The van der Waals surface area contributed by atoms with Crippen LogP contribution < -0.4 is 0 Å². The SMILES string of the molecule is CCCCCCCC1CC(=C=C=C(C)CC)C(CCCCCCC)OC(=O)OCCOC(=O)CCN(CCCN(CCO)CCO)CCC(=O)OCCOC(=O)O1. The van der Waals surface area contributed by atoms with Gasteiger partial charge >= 0.3 is 24.2 Å². The lowest BCUT2D eigenvalue weighted by molar-refractivity contribution is -0.145. The van der Waals surface area contributed by atoms with Gasteiger partial charge < -0.3 is 43.5 Å². The molecule has 0 radical (unpaired) electrons. The molecule has 14 heteroatoms. The van der Waals surface area contributed by atoms with Gasteiger partial charge in [0.25, 0.3) is 0 Å². The van der Waals surface area contributed by atoms with Crippen LogP contribution in [-0.2, 0) is 38.0 Å². The van der Waals surface area contributed by atoms with E-state index in [9.17, 15) is 29.4 Å². The summed E-state index contributed by atoms with van der Waals surface area (Å²) in [5.74, 6) is -0.967. The van der Waals surface area contributed by atoms with Crippen LogP contribution in [0.25, 0.3) is 0 Å². The van der Waals surface area contributed by atoms with E-state index in [1.165, 1.54) is 0 Å². The highest BCUT2D eigenvalue weighted by Crippen LogP contribution is 2.24. The van der Waals surface area contributed by atoms with Gasteiger partial charge in [-0.25, -0.2) is 9.59 Å². The molecule has 0 bridgehead atoms. The molecule has 57 heavy (non-hydrogen) atoms. The standard InChI is InChI=1S/C43H74N2O12/c1-5-8-10-12-14-17-38-35-37(20-19-36(4)7-3)39(18-15-13-11-9-6-2)57-43(51)55-34-32-53-41(49)22-26-44(23-16-24-45(27-29-46)28-30-47)25-21-40(48)52-31-33-54-42(50)56-38/h38-39,46-47H,5-18,21-35H2,1-4H3. The first-order valence-electron chi connectivity index (χ1n) is 21.5. The highest BCUT2D eigenvalue weighted by molar-refractivity contribution is 5.70. The zero-order valence-corrected chi connectivity index (χ0v) is 35.5. The second kappa shape index (κ2) is 34.6. The number of unbranched alkanes of at least 4 members (excludes halogenated alkanes) is 8. The predicted molar refractivity (Wildman–Crippen MR) is 217 cm³/mol. The molecule has 0 aliphatic carbocycles. The summed E-state index contributed by atoms with van der Waals surface area (Å²) in [7, 11) is 0. The molecule has 14 nitrogen and oxygen atoms in total. The second-order valence-corrected chi connectivity index (χ2v) is 14.5. The average molecular weight is 811 g/mol. The van der Waals surface area contributed by atoms with Gasteiger partial charge in [0.15, 0.2) is 0 Å². The summed E-state index contributed by atoms with van der Waals surface area (Å²) >= 11 is 0. The molecule has 0 aromatic carbocycles. The van der Waals surface area contributed by atoms with E-state index in [0.717, 1.165) is 76.2 Å². The van der Waals surface area contributed by atoms with E-state index >= 15 is 0 Å². The fourth-order valence-electron chi connectivity index (χ4n) is 6.20. The average Bonchev–Trinajstić information content (AvgIpc) is 3.19. The summed E-state index contributed by atoms with van der Waals surface area (Å²) in [4.78, 5) is 55.3. The van der Waals surface area contributed by atoms with Crippen LogP contribution in [0.3, 0.4) is 0 Å². The van der Waals surface area contributed by atoms with Gasteiger partial charge in [0.2, 0.25) is 0 Å². The van der Waals surface area contributed by atoms with Crippen LogP contribution in [0.15, 0.2) is 22.6 Å². The van der Waals surface area contributed by atoms with E-state index in [0.29, 0.717) is 64.1 Å². The maximum absolute atomic E-state index is 13.1. The first kappa shape index (κ1) is 51.6. The molecule has 1 fully saturated rings. The van der Waals surface area contributed by atoms with Gasteiger partial charge in [-0.2, -0.15) is 0 Å². The number of carbonyl (C=O) groups excluding carboxylic acids is 4. The van der Waals surface area contributed by atoms with Crippen LogP contribution in [0.5, 0.6) is 0 Å². The maximum Gasteiger partial charge on any atom is 0.509 e. The van der Waals surface area contributed by atoms with Crippen molar-refractivity contribution < 1.29 is 57.8 Å². The Bertz CT molecular complexity index is 1210. The third-order valence-corrected chi connectivity index (χ3v) is 9.68. The van der Waals surface area contributed by atoms with Crippen LogP contribution in [0.1, 0.15) is 137 Å². The van der Waals surface area contributed by atoms with Gasteiger partial charge in [0.1, 0.15) is 38.6 Å². The van der Waals surface area contributed by atoms with Gasteiger partial charge in [-0.05, 0) is 64.1 Å². The van der Waals surface area contributed by atoms with E-state index in [2.05, 4.69) is 25.3 Å². The highest BCUT2D eigenvalue weighted by atomic mass is 16.7. The van der Waals surface area contributed by atoms with Crippen molar-refractivity contribution in [2.45, 2.75) is 149 Å². The van der Waals surface area contributed by atoms with Crippen LogP contribution in [-0.4, -0.2) is 135 Å². The maximum atomic E-state index is 13.1. The van der Waals surface area contributed by atoms with Gasteiger partial charge in [0, 0.05) is 38.2 Å². The summed E-state index contributed by atoms with van der Waals surface area (Å²) < 4.78 is 33.2. The minimum atomic E-state index is -0.901. The van der Waals surface area contributed by atoms with Crippen molar-refractivity contribution in [1.82, 2.24) is 9.80 Å². The number of esters is 2. The number of carbonyl (C=O) groups is 4. The molecule has 1 heterocycles. The molecule has 1 saturated heterocycles. The second-order valence-electron chi connectivity index (χ2n) is 14.5. The molecular weight excluding hydrogens is 736 g/mol. The third kappa shape index (κ3) is 27.8. The van der Waals surface area contributed by atoms with Gasteiger partial charge in [0.05, 0.1) is 26.1 Å². The largest absolute Gasteiger partial charge is 0.509 e.